The maximum Gasteiger partial charge on any atom is 0.113 e. The van der Waals surface area contributed by atoms with Gasteiger partial charge in [0.1, 0.15) is 6.23 Å². The fourth-order valence-corrected chi connectivity index (χ4v) is 0.158. The zero-order chi connectivity index (χ0) is 4.99. The number of rotatable bonds is 2. The molecule has 0 spiro atoms. The van der Waals surface area contributed by atoms with Crippen molar-refractivity contribution in [3.63, 3.8) is 0 Å². The number of nitrogens with one attached hydrogen (secondary N) is 1. The van der Waals surface area contributed by atoms with Gasteiger partial charge in [-0.05, 0) is 6.92 Å². The van der Waals surface area contributed by atoms with E-state index in [1.165, 1.54) is 0 Å². The number of hydrogen-bond donors (Lipinski definition) is 2. The van der Waals surface area contributed by atoms with Crippen molar-refractivity contribution in [3.05, 3.63) is 0 Å². The molecule has 0 aromatic carbocycles. The molecule has 0 aliphatic heterocycles. The Morgan fingerprint density at radius 2 is 2.33 bits per heavy atom. The summed E-state index contributed by atoms with van der Waals surface area (Å²) in [5.41, 5.74) is 0. The second-order valence-electron chi connectivity index (χ2n) is 1.01. The monoisotopic (exact) mass is 107 g/mol. The van der Waals surface area contributed by atoms with E-state index in [1.54, 1.807) is 7.11 Å². The van der Waals surface area contributed by atoms with Gasteiger partial charge in [-0.3, -0.25) is 0 Å². The zero-order valence-electron chi connectivity index (χ0n) is 3.93. The standard InChI is InChI=1S/C3H9NOS/c1-3(4-6)5-2/h3-4,6H,1-2H3. The van der Waals surface area contributed by atoms with Gasteiger partial charge < -0.3 is 4.74 Å². The summed E-state index contributed by atoms with van der Waals surface area (Å²) < 4.78 is 7.30. The van der Waals surface area contributed by atoms with E-state index in [2.05, 4.69) is 17.5 Å². The molecule has 0 saturated heterocycles. The van der Waals surface area contributed by atoms with E-state index in [0.29, 0.717) is 0 Å². The first-order valence-corrected chi connectivity index (χ1v) is 2.18. The van der Waals surface area contributed by atoms with Gasteiger partial charge in [-0.2, -0.15) is 0 Å². The Bertz CT molecular complexity index is 30.0. The van der Waals surface area contributed by atoms with Gasteiger partial charge in [0.2, 0.25) is 0 Å². The molecular formula is C3H9NOS. The predicted molar refractivity (Wildman–Crippen MR) is 28.6 cm³/mol. The van der Waals surface area contributed by atoms with E-state index in [9.17, 15) is 0 Å². The Balaban J connectivity index is 2.75. The number of ether oxygens (including phenoxy) is 1. The lowest BCUT2D eigenvalue weighted by molar-refractivity contribution is 0.113. The summed E-state index contributed by atoms with van der Waals surface area (Å²) >= 11 is 3.72. The molecule has 0 aromatic heterocycles. The van der Waals surface area contributed by atoms with Gasteiger partial charge in [0.25, 0.3) is 0 Å². The maximum atomic E-state index is 4.71. The van der Waals surface area contributed by atoms with Crippen LogP contribution in [0.15, 0.2) is 0 Å². The molecule has 0 bridgehead atoms. The third kappa shape index (κ3) is 2.50. The van der Waals surface area contributed by atoms with E-state index < -0.39 is 0 Å². The van der Waals surface area contributed by atoms with E-state index in [4.69, 9.17) is 4.74 Å². The smallest absolute Gasteiger partial charge is 0.113 e. The van der Waals surface area contributed by atoms with Crippen LogP contribution in [-0.4, -0.2) is 13.3 Å². The molecule has 0 saturated carbocycles. The molecule has 38 valence electrons. The molecule has 2 nitrogen and oxygen atoms in total. The summed E-state index contributed by atoms with van der Waals surface area (Å²) in [6, 6.07) is 0. The van der Waals surface area contributed by atoms with E-state index >= 15 is 0 Å². The van der Waals surface area contributed by atoms with Gasteiger partial charge in [0, 0.05) is 7.11 Å². The van der Waals surface area contributed by atoms with Crippen LogP contribution in [0, 0.1) is 0 Å². The van der Waals surface area contributed by atoms with Crippen molar-refractivity contribution in [2.24, 2.45) is 0 Å². The van der Waals surface area contributed by atoms with E-state index in [-0.39, 0.29) is 6.23 Å². The Labute approximate surface area is 43.4 Å². The molecule has 0 rings (SSSR count). The molecule has 1 unspecified atom stereocenters. The van der Waals surface area contributed by atoms with Gasteiger partial charge in [-0.15, -0.1) is 0 Å². The second-order valence-corrected chi connectivity index (χ2v) is 1.27. The zero-order valence-corrected chi connectivity index (χ0v) is 4.83. The molecular weight excluding hydrogens is 98.1 g/mol. The summed E-state index contributed by atoms with van der Waals surface area (Å²) in [4.78, 5) is 0. The number of methoxy groups -OCH3 is 1. The van der Waals surface area contributed by atoms with Crippen molar-refractivity contribution in [3.8, 4) is 0 Å². The highest BCUT2D eigenvalue weighted by molar-refractivity contribution is 7.78. The van der Waals surface area contributed by atoms with Crippen LogP contribution in [0.25, 0.3) is 0 Å². The van der Waals surface area contributed by atoms with Crippen LogP contribution < -0.4 is 4.72 Å². The van der Waals surface area contributed by atoms with Gasteiger partial charge in [0.05, 0.1) is 0 Å². The van der Waals surface area contributed by atoms with Crippen molar-refractivity contribution in [1.82, 2.24) is 4.72 Å². The predicted octanol–water partition coefficient (Wildman–Crippen LogP) is 0.413. The third-order valence-electron chi connectivity index (χ3n) is 0.535. The molecule has 1 atom stereocenters. The molecule has 0 heterocycles. The summed E-state index contributed by atoms with van der Waals surface area (Å²) in [6.07, 6.45) is 0.0494. The summed E-state index contributed by atoms with van der Waals surface area (Å²) in [5.74, 6) is 0. The minimum absolute atomic E-state index is 0.0494. The van der Waals surface area contributed by atoms with E-state index in [0.717, 1.165) is 0 Å². The Hall–Kier alpha value is 0.270. The summed E-state index contributed by atoms with van der Waals surface area (Å²) in [6.45, 7) is 1.87. The molecule has 0 amide bonds. The first kappa shape index (κ1) is 6.27. The molecule has 3 heteroatoms. The number of hydrogen-bond acceptors (Lipinski definition) is 3. The Morgan fingerprint density at radius 1 is 1.83 bits per heavy atom. The van der Waals surface area contributed by atoms with Crippen molar-refractivity contribution in [1.29, 1.82) is 0 Å². The Morgan fingerprint density at radius 3 is 2.33 bits per heavy atom. The summed E-state index contributed by atoms with van der Waals surface area (Å²) in [7, 11) is 1.62. The van der Waals surface area contributed by atoms with Crippen LogP contribution in [0.3, 0.4) is 0 Å². The lowest BCUT2D eigenvalue weighted by atomic mass is 10.7. The minimum Gasteiger partial charge on any atom is -0.366 e. The molecule has 0 aliphatic carbocycles. The van der Waals surface area contributed by atoms with Crippen LogP contribution in [0.5, 0.6) is 0 Å². The van der Waals surface area contributed by atoms with Crippen molar-refractivity contribution >= 4 is 12.8 Å². The maximum absolute atomic E-state index is 4.71. The van der Waals surface area contributed by atoms with Crippen LogP contribution in [0.4, 0.5) is 0 Å². The average molecular weight is 107 g/mol. The second kappa shape index (κ2) is 3.46. The quantitative estimate of drug-likeness (QED) is 0.394. The van der Waals surface area contributed by atoms with Crippen LogP contribution in [0.2, 0.25) is 0 Å². The molecule has 0 aliphatic rings. The topological polar surface area (TPSA) is 21.3 Å². The highest BCUT2D eigenvalue weighted by atomic mass is 32.1. The summed E-state index contributed by atoms with van der Waals surface area (Å²) in [5, 5.41) is 0. The van der Waals surface area contributed by atoms with Gasteiger partial charge in [0.15, 0.2) is 0 Å². The third-order valence-corrected chi connectivity index (χ3v) is 0.899. The van der Waals surface area contributed by atoms with Crippen molar-refractivity contribution < 1.29 is 4.74 Å². The van der Waals surface area contributed by atoms with Gasteiger partial charge in [-0.25, -0.2) is 4.72 Å². The fourth-order valence-electron chi connectivity index (χ4n) is 0.0527. The van der Waals surface area contributed by atoms with Crippen LogP contribution in [0.1, 0.15) is 6.92 Å². The first-order valence-electron chi connectivity index (χ1n) is 1.73. The van der Waals surface area contributed by atoms with Gasteiger partial charge >= 0.3 is 0 Å². The lowest BCUT2D eigenvalue weighted by Crippen LogP contribution is -2.17. The normalized spacial score (nSPS) is 14.5. The van der Waals surface area contributed by atoms with Crippen molar-refractivity contribution in [2.45, 2.75) is 13.2 Å². The largest absolute Gasteiger partial charge is 0.366 e. The molecule has 0 aromatic rings. The first-order chi connectivity index (χ1) is 2.81. The Kier molecular flexibility index (Phi) is 3.62. The average Bonchev–Trinajstić information content (AvgIpc) is 1.65. The highest BCUT2D eigenvalue weighted by Gasteiger charge is 1.87. The highest BCUT2D eigenvalue weighted by Crippen LogP contribution is 1.78. The molecule has 1 N–H and O–H groups in total. The SMILES string of the molecule is COC(C)NS. The van der Waals surface area contributed by atoms with Crippen LogP contribution >= 0.6 is 12.8 Å². The fraction of sp³-hybridized carbons (Fsp3) is 1.00. The molecule has 6 heavy (non-hydrogen) atoms. The van der Waals surface area contributed by atoms with Crippen LogP contribution in [-0.2, 0) is 4.74 Å². The van der Waals surface area contributed by atoms with E-state index in [1.807, 2.05) is 6.92 Å². The lowest BCUT2D eigenvalue weighted by Gasteiger charge is -2.03. The minimum atomic E-state index is 0.0494. The van der Waals surface area contributed by atoms with Gasteiger partial charge in [-0.1, -0.05) is 12.8 Å². The number of thiol groups is 1. The van der Waals surface area contributed by atoms with Crippen molar-refractivity contribution in [2.75, 3.05) is 7.11 Å². The molecule has 0 fully saturated rings. The molecule has 0 radical (unpaired) electrons.